The number of amides is 1. The van der Waals surface area contributed by atoms with E-state index in [1.165, 1.54) is 0 Å². The van der Waals surface area contributed by atoms with Gasteiger partial charge in [0.2, 0.25) is 0 Å². The van der Waals surface area contributed by atoms with Gasteiger partial charge in [-0.3, -0.25) is 4.79 Å². The molecule has 7 nitrogen and oxygen atoms in total. The van der Waals surface area contributed by atoms with Gasteiger partial charge in [0.15, 0.2) is 0 Å². The molecule has 1 amide bonds. The zero-order valence-corrected chi connectivity index (χ0v) is 8.71. The first-order valence-corrected chi connectivity index (χ1v) is 4.58. The smallest absolute Gasteiger partial charge is 0.358 e. The van der Waals surface area contributed by atoms with Gasteiger partial charge in [0.1, 0.15) is 6.54 Å². The number of carbonyl (C=O) groups is 3. The predicted molar refractivity (Wildman–Crippen MR) is 55.5 cm³/mol. The van der Waals surface area contributed by atoms with Gasteiger partial charge in [-0.25, -0.2) is 9.59 Å². The highest BCUT2D eigenvalue weighted by molar-refractivity contribution is 5.96. The summed E-state index contributed by atoms with van der Waals surface area (Å²) in [5, 5.41) is 2.27. The first kappa shape index (κ1) is 12.7. The number of rotatable bonds is 3. The third-order valence-electron chi connectivity index (χ3n) is 1.72. The van der Waals surface area contributed by atoms with E-state index in [0.29, 0.717) is 5.56 Å². The molecule has 90 valence electrons. The molecule has 1 aromatic carbocycles. The summed E-state index contributed by atoms with van der Waals surface area (Å²) < 4.78 is 4.05. The summed E-state index contributed by atoms with van der Waals surface area (Å²) in [6.45, 7) is -0.456. The van der Waals surface area contributed by atoms with Gasteiger partial charge in [0.05, 0.1) is 0 Å². The number of nitrogens with one attached hydrogen (secondary N) is 1. The maximum absolute atomic E-state index is 11.4. The molecule has 0 saturated carbocycles. The van der Waals surface area contributed by atoms with Crippen molar-refractivity contribution in [2.75, 3.05) is 6.54 Å². The van der Waals surface area contributed by atoms with Crippen molar-refractivity contribution in [2.45, 2.75) is 0 Å². The lowest BCUT2D eigenvalue weighted by Crippen LogP contribution is -2.32. The Hall–Kier alpha value is -2.41. The van der Waals surface area contributed by atoms with Gasteiger partial charge in [-0.15, -0.1) is 0 Å². The van der Waals surface area contributed by atoms with Gasteiger partial charge in [-0.1, -0.05) is 18.2 Å². The van der Waals surface area contributed by atoms with Crippen LogP contribution in [0.25, 0.3) is 0 Å². The van der Waals surface area contributed by atoms with Crippen molar-refractivity contribution in [3.63, 3.8) is 0 Å². The molecule has 0 heterocycles. The van der Waals surface area contributed by atoms with E-state index >= 15 is 0 Å². The number of carbonyl (C=O) groups excluding carboxylic acids is 3. The van der Waals surface area contributed by atoms with E-state index in [2.05, 4.69) is 20.8 Å². The van der Waals surface area contributed by atoms with Gasteiger partial charge >= 0.3 is 12.1 Å². The number of esters is 1. The average Bonchev–Trinajstić information content (AvgIpc) is 2.36. The summed E-state index contributed by atoms with van der Waals surface area (Å²) in [6.07, 6.45) is -1.33. The molecule has 0 saturated heterocycles. The van der Waals surface area contributed by atoms with E-state index in [1.54, 1.807) is 30.3 Å². The van der Waals surface area contributed by atoms with Crippen molar-refractivity contribution in [3.8, 4) is 0 Å². The molecule has 0 aromatic heterocycles. The van der Waals surface area contributed by atoms with Crippen molar-refractivity contribution < 1.29 is 24.0 Å². The van der Waals surface area contributed by atoms with Crippen LogP contribution >= 0.6 is 0 Å². The number of benzene rings is 1. The Balaban J connectivity index is 2.39. The molecule has 0 unspecified atom stereocenters. The highest BCUT2D eigenvalue weighted by Gasteiger charge is 2.12. The lowest BCUT2D eigenvalue weighted by Gasteiger charge is -2.03. The first-order chi connectivity index (χ1) is 8.13. The van der Waals surface area contributed by atoms with Gasteiger partial charge in [0.25, 0.3) is 5.91 Å². The first-order valence-electron chi connectivity index (χ1n) is 4.58. The Morgan fingerprint density at radius 3 is 2.41 bits per heavy atom. The number of hydrogen-bond acceptors (Lipinski definition) is 6. The third-order valence-corrected chi connectivity index (χ3v) is 1.72. The summed E-state index contributed by atoms with van der Waals surface area (Å²) in [6, 6.07) is 8.27. The largest absolute Gasteiger partial charge is 0.535 e. The highest BCUT2D eigenvalue weighted by Crippen LogP contribution is 1.97. The van der Waals surface area contributed by atoms with Crippen LogP contribution in [-0.2, 0) is 14.4 Å². The Labute approximate surface area is 96.4 Å². The second-order valence-corrected chi connectivity index (χ2v) is 2.89. The number of hydrogen-bond donors (Lipinski definition) is 2. The molecule has 0 spiro atoms. The zero-order valence-electron chi connectivity index (χ0n) is 8.71. The molecule has 3 N–H and O–H groups in total. The minimum absolute atomic E-state index is 0.390. The van der Waals surface area contributed by atoms with Crippen LogP contribution in [0.15, 0.2) is 30.3 Å². The standard InChI is InChI=1S/C10H10N2O5/c11-17-10(15)16-8(13)6-12-9(14)7-4-2-1-3-5-7/h1-5H,6,11H2,(H,12,14). The molecular weight excluding hydrogens is 228 g/mol. The van der Waals surface area contributed by atoms with Crippen molar-refractivity contribution in [3.05, 3.63) is 35.9 Å². The zero-order chi connectivity index (χ0) is 12.7. The monoisotopic (exact) mass is 238 g/mol. The lowest BCUT2D eigenvalue weighted by atomic mass is 10.2. The summed E-state index contributed by atoms with van der Waals surface area (Å²) in [7, 11) is 0. The van der Waals surface area contributed by atoms with Crippen LogP contribution in [0.2, 0.25) is 0 Å². The van der Waals surface area contributed by atoms with E-state index in [-0.39, 0.29) is 0 Å². The Morgan fingerprint density at radius 1 is 1.18 bits per heavy atom. The molecule has 0 bridgehead atoms. The van der Waals surface area contributed by atoms with Crippen LogP contribution in [0.3, 0.4) is 0 Å². The maximum Gasteiger partial charge on any atom is 0.535 e. The van der Waals surface area contributed by atoms with E-state index in [4.69, 9.17) is 0 Å². The Bertz CT molecular complexity index is 418. The minimum Gasteiger partial charge on any atom is -0.358 e. The average molecular weight is 238 g/mol. The molecule has 17 heavy (non-hydrogen) atoms. The molecule has 0 aliphatic heterocycles. The van der Waals surface area contributed by atoms with Crippen LogP contribution in [0, 0.1) is 0 Å². The van der Waals surface area contributed by atoms with Gasteiger partial charge in [-0.05, 0) is 12.1 Å². The fraction of sp³-hybridized carbons (Fsp3) is 0.100. The normalized spacial score (nSPS) is 9.24. The Kier molecular flexibility index (Phi) is 4.64. The van der Waals surface area contributed by atoms with Crippen LogP contribution in [0.1, 0.15) is 10.4 Å². The molecule has 0 fully saturated rings. The maximum atomic E-state index is 11.4. The van der Waals surface area contributed by atoms with Gasteiger partial charge in [-0.2, -0.15) is 5.90 Å². The second kappa shape index (κ2) is 6.23. The summed E-state index contributed by atoms with van der Waals surface area (Å²) >= 11 is 0. The predicted octanol–water partition coefficient (Wildman–Crippen LogP) is -0.0301. The van der Waals surface area contributed by atoms with E-state index in [0.717, 1.165) is 0 Å². The van der Waals surface area contributed by atoms with Crippen molar-refractivity contribution >= 4 is 18.0 Å². The van der Waals surface area contributed by atoms with Crippen LogP contribution in [0.4, 0.5) is 4.79 Å². The summed E-state index contributed by atoms with van der Waals surface area (Å²) in [4.78, 5) is 36.5. The lowest BCUT2D eigenvalue weighted by molar-refractivity contribution is -0.138. The van der Waals surface area contributed by atoms with Crippen LogP contribution < -0.4 is 11.2 Å². The molecule has 1 rings (SSSR count). The van der Waals surface area contributed by atoms with Crippen molar-refractivity contribution in [2.24, 2.45) is 5.90 Å². The molecule has 0 aliphatic carbocycles. The van der Waals surface area contributed by atoms with Gasteiger partial charge in [0, 0.05) is 5.56 Å². The summed E-state index contributed by atoms with van der Waals surface area (Å²) in [5.41, 5.74) is 0.390. The third kappa shape index (κ3) is 4.31. The van der Waals surface area contributed by atoms with E-state index in [1.807, 2.05) is 0 Å². The van der Waals surface area contributed by atoms with E-state index < -0.39 is 24.6 Å². The van der Waals surface area contributed by atoms with Crippen LogP contribution in [0.5, 0.6) is 0 Å². The molecule has 7 heteroatoms. The minimum atomic E-state index is -1.33. The number of ether oxygens (including phenoxy) is 1. The van der Waals surface area contributed by atoms with Crippen molar-refractivity contribution in [1.82, 2.24) is 5.32 Å². The molecule has 0 atom stereocenters. The molecule has 1 aromatic rings. The SMILES string of the molecule is NOC(=O)OC(=O)CNC(=O)c1ccccc1. The van der Waals surface area contributed by atoms with Crippen LogP contribution in [-0.4, -0.2) is 24.6 Å². The van der Waals surface area contributed by atoms with E-state index in [9.17, 15) is 14.4 Å². The fourth-order valence-electron chi connectivity index (χ4n) is 0.997. The topological polar surface area (TPSA) is 108 Å². The molecule has 0 aliphatic rings. The quantitative estimate of drug-likeness (QED) is 0.435. The highest BCUT2D eigenvalue weighted by atomic mass is 16.8. The molecular formula is C10H10N2O5. The fourth-order valence-corrected chi connectivity index (χ4v) is 0.997. The molecule has 0 radical (unpaired) electrons. The Morgan fingerprint density at radius 2 is 1.82 bits per heavy atom. The van der Waals surface area contributed by atoms with Crippen molar-refractivity contribution in [1.29, 1.82) is 0 Å². The summed E-state index contributed by atoms with van der Waals surface area (Å²) in [5.74, 6) is 3.03. The second-order valence-electron chi connectivity index (χ2n) is 2.89. The van der Waals surface area contributed by atoms with Gasteiger partial charge < -0.3 is 14.9 Å². The number of nitrogens with two attached hydrogens (primary N) is 1.